The number of Topliss-reactive ketones (excluding diaryl/α,β-unsaturated/α-hetero) is 2. The molecule has 1 aliphatic rings. The molecule has 1 aliphatic heterocycles. The number of aliphatic carboxylic acids is 1. The summed E-state index contributed by atoms with van der Waals surface area (Å²) < 4.78 is 16.8. The van der Waals surface area contributed by atoms with Crippen LogP contribution in [0.4, 0.5) is 0 Å². The molecule has 10 heteroatoms. The van der Waals surface area contributed by atoms with E-state index in [1.54, 1.807) is 43.3 Å². The van der Waals surface area contributed by atoms with E-state index in [9.17, 15) is 33.9 Å². The van der Waals surface area contributed by atoms with Crippen LogP contribution in [-0.4, -0.2) is 53.8 Å². The number of carboxylic acid groups (broad SMARTS) is 1. The summed E-state index contributed by atoms with van der Waals surface area (Å²) in [6.45, 7) is 10.1. The number of esters is 3. The van der Waals surface area contributed by atoms with Crippen molar-refractivity contribution in [2.24, 2.45) is 35.5 Å². The summed E-state index contributed by atoms with van der Waals surface area (Å²) in [7, 11) is 0. The second kappa shape index (κ2) is 39.1. The number of hydrogen-bond acceptors (Lipinski definition) is 9. The van der Waals surface area contributed by atoms with Gasteiger partial charge in [-0.05, 0) is 62.3 Å². The number of carbonyl (C=O) groups excluding carboxylic acids is 5. The van der Waals surface area contributed by atoms with Gasteiger partial charge in [-0.1, -0.05) is 244 Å². The Bertz CT molecular complexity index is 1870. The number of ether oxygens (including phenoxy) is 3. The molecule has 74 heavy (non-hydrogen) atoms. The lowest BCUT2D eigenvalue weighted by Crippen LogP contribution is -2.39. The smallest absolute Gasteiger partial charge is 0.317 e. The number of carboxylic acids is 1. The van der Waals surface area contributed by atoms with E-state index in [2.05, 4.69) is 20.8 Å². The Balaban J connectivity index is 1.63. The number of ketones is 2. The number of cyclic esters (lactones) is 2. The summed E-state index contributed by atoms with van der Waals surface area (Å²) in [4.78, 5) is 79.2. The predicted molar refractivity (Wildman–Crippen MR) is 297 cm³/mol. The molecule has 416 valence electrons. The van der Waals surface area contributed by atoms with Gasteiger partial charge in [0.15, 0.2) is 11.6 Å². The fourth-order valence-corrected chi connectivity index (χ4v) is 10.9. The van der Waals surface area contributed by atoms with Crippen LogP contribution < -0.4 is 4.74 Å². The summed E-state index contributed by atoms with van der Waals surface area (Å²) in [6, 6.07) is 13.6. The van der Waals surface area contributed by atoms with Crippen molar-refractivity contribution in [1.82, 2.24) is 0 Å². The lowest BCUT2D eigenvalue weighted by atomic mass is 9.71. The first kappa shape index (κ1) is 63.9. The van der Waals surface area contributed by atoms with Crippen LogP contribution in [-0.2, 0) is 28.7 Å². The fraction of sp³-hybridized carbons (Fsp3) is 0.719. The van der Waals surface area contributed by atoms with E-state index < -0.39 is 53.5 Å². The molecule has 1 heterocycles. The van der Waals surface area contributed by atoms with E-state index >= 15 is 0 Å². The second-order valence-electron chi connectivity index (χ2n) is 22.1. The third-order valence-electron chi connectivity index (χ3n) is 15.7. The summed E-state index contributed by atoms with van der Waals surface area (Å²) >= 11 is 0. The Hall–Kier alpha value is -4.34. The Labute approximate surface area is 448 Å². The number of benzene rings is 2. The number of carbonyl (C=O) groups is 6. The average molecular weight is 1030 g/mol. The van der Waals surface area contributed by atoms with E-state index in [-0.39, 0.29) is 43.5 Å². The van der Waals surface area contributed by atoms with Crippen molar-refractivity contribution in [3.63, 3.8) is 0 Å². The predicted octanol–water partition coefficient (Wildman–Crippen LogP) is 16.8. The summed E-state index contributed by atoms with van der Waals surface area (Å²) in [5.41, 5.74) is 1.89. The molecule has 0 aliphatic carbocycles. The van der Waals surface area contributed by atoms with Crippen molar-refractivity contribution in [3.05, 3.63) is 65.2 Å². The lowest BCUT2D eigenvalue weighted by Gasteiger charge is -2.32. The maximum absolute atomic E-state index is 14.3. The van der Waals surface area contributed by atoms with Crippen molar-refractivity contribution in [1.29, 1.82) is 0 Å². The first-order valence-electron chi connectivity index (χ1n) is 29.9. The highest BCUT2D eigenvalue weighted by Gasteiger charge is 2.47. The molecule has 10 nitrogen and oxygen atoms in total. The van der Waals surface area contributed by atoms with Gasteiger partial charge in [-0.2, -0.15) is 0 Å². The van der Waals surface area contributed by atoms with Gasteiger partial charge in [0.05, 0.1) is 30.1 Å². The van der Waals surface area contributed by atoms with Gasteiger partial charge in [0.2, 0.25) is 0 Å². The molecule has 6 unspecified atom stereocenters. The third kappa shape index (κ3) is 26.4. The minimum atomic E-state index is -1.12. The summed E-state index contributed by atoms with van der Waals surface area (Å²) in [5, 5.41) is 11.1. The van der Waals surface area contributed by atoms with Crippen molar-refractivity contribution in [2.45, 2.75) is 247 Å². The van der Waals surface area contributed by atoms with Gasteiger partial charge >= 0.3 is 23.9 Å². The fourth-order valence-electron chi connectivity index (χ4n) is 10.9. The Morgan fingerprint density at radius 1 is 0.568 bits per heavy atom. The van der Waals surface area contributed by atoms with Gasteiger partial charge < -0.3 is 19.3 Å². The van der Waals surface area contributed by atoms with Crippen LogP contribution in [0.5, 0.6) is 5.75 Å². The van der Waals surface area contributed by atoms with E-state index in [0.29, 0.717) is 29.7 Å². The zero-order valence-corrected chi connectivity index (χ0v) is 47.0. The summed E-state index contributed by atoms with van der Waals surface area (Å²) in [5.74, 6) is -7.06. The van der Waals surface area contributed by atoms with Gasteiger partial charge in [-0.3, -0.25) is 28.8 Å². The second-order valence-corrected chi connectivity index (χ2v) is 22.1. The van der Waals surface area contributed by atoms with E-state index in [0.717, 1.165) is 56.9 Å². The molecule has 2 aromatic rings. The van der Waals surface area contributed by atoms with Crippen LogP contribution in [0.2, 0.25) is 0 Å². The zero-order chi connectivity index (χ0) is 53.8. The van der Waals surface area contributed by atoms with Crippen LogP contribution in [0.15, 0.2) is 48.5 Å². The van der Waals surface area contributed by atoms with Crippen molar-refractivity contribution in [2.75, 3.05) is 13.2 Å². The van der Waals surface area contributed by atoms with Crippen molar-refractivity contribution < 1.29 is 48.1 Å². The highest BCUT2D eigenvalue weighted by molar-refractivity contribution is 6.13. The molecule has 2 aromatic carbocycles. The first-order valence-corrected chi connectivity index (χ1v) is 29.9. The number of unbranched alkanes of at least 4 members (excludes halogenated alkanes) is 26. The van der Waals surface area contributed by atoms with Gasteiger partial charge in [0, 0.05) is 11.1 Å². The molecule has 1 fully saturated rings. The normalized spacial score (nSPS) is 16.1. The van der Waals surface area contributed by atoms with Gasteiger partial charge in [0.1, 0.15) is 19.0 Å². The molecule has 0 aromatic heterocycles. The number of aryl methyl sites for hydroxylation is 1. The van der Waals surface area contributed by atoms with E-state index in [4.69, 9.17) is 14.2 Å². The Morgan fingerprint density at radius 2 is 0.986 bits per heavy atom. The van der Waals surface area contributed by atoms with Crippen molar-refractivity contribution >= 4 is 35.4 Å². The topological polar surface area (TPSA) is 150 Å². The van der Waals surface area contributed by atoms with Crippen LogP contribution in [0.25, 0.3) is 0 Å². The molecule has 6 atom stereocenters. The standard InChI is InChI=1S/C64H100O10/c1-6-8-10-12-14-16-18-20-22-24-26-28-30-32-34-50(4)46-57(63(70)73-45-44-72-55-42-40-53(41-43-55)59(66)48-58(65)52-38-36-49(3)37-39-52)60(61(67)68)54(47-56-51(5)62(69)74-64(56)71)35-33-31-29-27-25-23-21-19-17-15-13-11-9-7-2/h36-43,50-51,54,56-57,60H,6-35,44-48H2,1-5H3,(H,67,68). The minimum absolute atomic E-state index is 0.0000186. The first-order chi connectivity index (χ1) is 35.9. The maximum Gasteiger partial charge on any atom is 0.317 e. The van der Waals surface area contributed by atoms with Crippen molar-refractivity contribution in [3.8, 4) is 5.75 Å². The van der Waals surface area contributed by atoms with Gasteiger partial charge in [0.25, 0.3) is 0 Å². The molecular formula is C64H100O10. The molecule has 0 amide bonds. The van der Waals surface area contributed by atoms with Crippen LogP contribution >= 0.6 is 0 Å². The lowest BCUT2D eigenvalue weighted by molar-refractivity contribution is -0.162. The van der Waals surface area contributed by atoms with Gasteiger partial charge in [-0.25, -0.2) is 0 Å². The molecule has 0 radical (unpaired) electrons. The molecule has 3 rings (SSSR count). The molecule has 1 saturated heterocycles. The molecular weight excluding hydrogens is 929 g/mol. The highest BCUT2D eigenvalue weighted by atomic mass is 16.6. The molecule has 0 saturated carbocycles. The molecule has 0 bridgehead atoms. The monoisotopic (exact) mass is 1030 g/mol. The Morgan fingerprint density at radius 3 is 1.41 bits per heavy atom. The molecule has 1 N–H and O–H groups in total. The zero-order valence-electron chi connectivity index (χ0n) is 47.0. The molecule has 0 spiro atoms. The summed E-state index contributed by atoms with van der Waals surface area (Å²) in [6.07, 6.45) is 36.1. The van der Waals surface area contributed by atoms with Gasteiger partial charge in [-0.15, -0.1) is 0 Å². The van der Waals surface area contributed by atoms with Crippen LogP contribution in [0.3, 0.4) is 0 Å². The quantitative estimate of drug-likeness (QED) is 0.0294. The van der Waals surface area contributed by atoms with E-state index in [1.807, 2.05) is 19.1 Å². The third-order valence-corrected chi connectivity index (χ3v) is 15.7. The average Bonchev–Trinajstić information content (AvgIpc) is 3.62. The largest absolute Gasteiger partial charge is 0.490 e. The maximum atomic E-state index is 14.3. The van der Waals surface area contributed by atoms with Crippen LogP contribution in [0, 0.1) is 42.4 Å². The SMILES string of the molecule is CCCCCCCCCCCCCCCCC(C)CC(C(=O)OCCOc1ccc(C(=O)CC(=O)c2ccc(C)cc2)cc1)C(C(=O)O)C(CCCCCCCCCCCCCCCC)CC1C(=O)OC(=O)C1C. The highest BCUT2D eigenvalue weighted by Crippen LogP contribution is 2.40. The van der Waals surface area contributed by atoms with Crippen LogP contribution in [0.1, 0.15) is 266 Å². The number of hydrogen-bond donors (Lipinski definition) is 1. The Kier molecular flexibility index (Phi) is 33.8. The van der Waals surface area contributed by atoms with E-state index in [1.165, 1.54) is 135 Å². The minimum Gasteiger partial charge on any atom is -0.490 e. The number of rotatable bonds is 46.